The van der Waals surface area contributed by atoms with Crippen molar-refractivity contribution in [1.82, 2.24) is 20.1 Å². The molecule has 0 bridgehead atoms. The number of hydrogen-bond acceptors (Lipinski definition) is 4. The number of thioether (sulfide) groups is 1. The Morgan fingerprint density at radius 1 is 1.36 bits per heavy atom. The molecule has 1 aliphatic rings. The van der Waals surface area contributed by atoms with E-state index in [0.717, 1.165) is 16.5 Å². The number of rotatable bonds is 6. The Hall–Kier alpha value is -1.89. The third-order valence-corrected chi connectivity index (χ3v) is 4.57. The molecule has 1 aromatic carbocycles. The van der Waals surface area contributed by atoms with Gasteiger partial charge in [0, 0.05) is 19.5 Å². The van der Waals surface area contributed by atoms with Crippen molar-refractivity contribution in [2.45, 2.75) is 30.5 Å². The van der Waals surface area contributed by atoms with E-state index in [0.29, 0.717) is 12.5 Å². The van der Waals surface area contributed by atoms with E-state index in [4.69, 9.17) is 0 Å². The first kappa shape index (κ1) is 15.0. The molecule has 1 saturated carbocycles. The van der Waals surface area contributed by atoms with Crippen molar-refractivity contribution in [3.8, 4) is 0 Å². The average molecular weight is 320 g/mol. The van der Waals surface area contributed by atoms with Gasteiger partial charge in [-0.3, -0.25) is 4.79 Å². The van der Waals surface area contributed by atoms with Crippen LogP contribution in [-0.2, 0) is 18.4 Å². The Kier molecular flexibility index (Phi) is 4.42. The third kappa shape index (κ3) is 3.65. The molecule has 1 fully saturated rings. The minimum atomic E-state index is -0.278. The Morgan fingerprint density at radius 3 is 2.77 bits per heavy atom. The van der Waals surface area contributed by atoms with Crippen molar-refractivity contribution in [3.05, 3.63) is 41.5 Å². The molecule has 0 atom stereocenters. The van der Waals surface area contributed by atoms with Crippen LogP contribution in [0.4, 0.5) is 4.39 Å². The minimum absolute atomic E-state index is 0.0784. The molecule has 0 saturated heterocycles. The molecule has 1 heterocycles. The molecule has 1 aliphatic carbocycles. The molecule has 1 N–H and O–H groups in total. The first-order valence-electron chi connectivity index (χ1n) is 7.16. The first-order valence-corrected chi connectivity index (χ1v) is 8.15. The molecule has 3 rings (SSSR count). The summed E-state index contributed by atoms with van der Waals surface area (Å²) in [6.45, 7) is 0.395. The lowest BCUT2D eigenvalue weighted by Gasteiger charge is -2.05. The van der Waals surface area contributed by atoms with Crippen LogP contribution in [0, 0.1) is 5.82 Å². The van der Waals surface area contributed by atoms with Crippen LogP contribution < -0.4 is 5.32 Å². The second-order valence-electron chi connectivity index (χ2n) is 5.37. The number of hydrogen-bond donors (Lipinski definition) is 1. The van der Waals surface area contributed by atoms with Crippen LogP contribution in [0.3, 0.4) is 0 Å². The smallest absolute Gasteiger partial charge is 0.230 e. The fourth-order valence-electron chi connectivity index (χ4n) is 2.13. The number of amides is 1. The summed E-state index contributed by atoms with van der Waals surface area (Å²) in [4.78, 5) is 11.9. The van der Waals surface area contributed by atoms with Gasteiger partial charge in [-0.2, -0.15) is 0 Å². The van der Waals surface area contributed by atoms with Crippen molar-refractivity contribution in [1.29, 1.82) is 0 Å². The topological polar surface area (TPSA) is 59.8 Å². The van der Waals surface area contributed by atoms with Crippen molar-refractivity contribution >= 4 is 17.7 Å². The van der Waals surface area contributed by atoms with Crippen LogP contribution in [0.5, 0.6) is 0 Å². The normalized spacial score (nSPS) is 14.1. The zero-order chi connectivity index (χ0) is 15.5. The summed E-state index contributed by atoms with van der Waals surface area (Å²) < 4.78 is 14.8. The van der Waals surface area contributed by atoms with Crippen molar-refractivity contribution in [2.24, 2.45) is 7.05 Å². The SMILES string of the molecule is Cn1c(SCC(=O)NCc2ccc(F)cc2)nnc1C1CC1. The lowest BCUT2D eigenvalue weighted by molar-refractivity contribution is -0.118. The monoisotopic (exact) mass is 320 g/mol. The summed E-state index contributed by atoms with van der Waals surface area (Å²) in [5.74, 6) is 1.48. The predicted octanol–water partition coefficient (Wildman–Crippen LogP) is 2.24. The maximum Gasteiger partial charge on any atom is 0.230 e. The maximum atomic E-state index is 12.8. The average Bonchev–Trinajstić information content (AvgIpc) is 3.29. The fraction of sp³-hybridized carbons (Fsp3) is 0.400. The van der Waals surface area contributed by atoms with Gasteiger partial charge in [0.15, 0.2) is 5.16 Å². The Balaban J connectivity index is 1.47. The highest BCUT2D eigenvalue weighted by atomic mass is 32.2. The van der Waals surface area contributed by atoms with Gasteiger partial charge in [-0.1, -0.05) is 23.9 Å². The van der Waals surface area contributed by atoms with Crippen LogP contribution in [0.1, 0.15) is 30.1 Å². The molecule has 2 aromatic rings. The third-order valence-electron chi connectivity index (χ3n) is 3.55. The summed E-state index contributed by atoms with van der Waals surface area (Å²) in [6, 6.07) is 6.09. The Labute approximate surface area is 132 Å². The molecular formula is C15H17FN4OS. The van der Waals surface area contributed by atoms with Crippen molar-refractivity contribution < 1.29 is 9.18 Å². The molecule has 22 heavy (non-hydrogen) atoms. The largest absolute Gasteiger partial charge is 0.351 e. The Morgan fingerprint density at radius 2 is 2.09 bits per heavy atom. The van der Waals surface area contributed by atoms with Gasteiger partial charge in [-0.15, -0.1) is 10.2 Å². The number of benzene rings is 1. The molecule has 1 amide bonds. The highest BCUT2D eigenvalue weighted by Gasteiger charge is 2.29. The summed E-state index contributed by atoms with van der Waals surface area (Å²) in [7, 11) is 1.94. The van der Waals surface area contributed by atoms with E-state index in [1.54, 1.807) is 12.1 Å². The summed E-state index contributed by atoms with van der Waals surface area (Å²) in [5, 5.41) is 11.9. The van der Waals surface area contributed by atoms with Gasteiger partial charge in [0.25, 0.3) is 0 Å². The molecule has 7 heteroatoms. The highest BCUT2D eigenvalue weighted by Crippen LogP contribution is 2.39. The first-order chi connectivity index (χ1) is 10.6. The molecular weight excluding hydrogens is 303 g/mol. The van der Waals surface area contributed by atoms with Gasteiger partial charge in [-0.25, -0.2) is 4.39 Å². The summed E-state index contributed by atoms with van der Waals surface area (Å²) in [5.41, 5.74) is 0.870. The zero-order valence-corrected chi connectivity index (χ0v) is 13.1. The van der Waals surface area contributed by atoms with E-state index in [1.165, 1.54) is 36.7 Å². The standard InChI is InChI=1S/C15H17FN4OS/c1-20-14(11-4-5-11)18-19-15(20)22-9-13(21)17-8-10-2-6-12(16)7-3-10/h2-3,6-7,11H,4-5,8-9H2,1H3,(H,17,21). The van der Waals surface area contributed by atoms with Gasteiger partial charge < -0.3 is 9.88 Å². The number of nitrogens with zero attached hydrogens (tertiary/aromatic N) is 3. The van der Waals surface area contributed by atoms with Crippen LogP contribution in [0.2, 0.25) is 0 Å². The number of aromatic nitrogens is 3. The van der Waals surface area contributed by atoms with E-state index in [1.807, 2.05) is 11.6 Å². The van der Waals surface area contributed by atoms with E-state index >= 15 is 0 Å². The van der Waals surface area contributed by atoms with Gasteiger partial charge in [0.2, 0.25) is 5.91 Å². The van der Waals surface area contributed by atoms with Crippen molar-refractivity contribution in [2.75, 3.05) is 5.75 Å². The molecule has 5 nitrogen and oxygen atoms in total. The van der Waals surface area contributed by atoms with Crippen molar-refractivity contribution in [3.63, 3.8) is 0 Å². The zero-order valence-electron chi connectivity index (χ0n) is 12.3. The van der Waals surface area contributed by atoms with Gasteiger partial charge in [0.1, 0.15) is 11.6 Å². The quantitative estimate of drug-likeness (QED) is 0.829. The summed E-state index contributed by atoms with van der Waals surface area (Å²) >= 11 is 1.38. The van der Waals surface area contributed by atoms with E-state index in [-0.39, 0.29) is 17.5 Å². The lowest BCUT2D eigenvalue weighted by Crippen LogP contribution is -2.24. The molecule has 0 radical (unpaired) electrons. The second kappa shape index (κ2) is 6.48. The van der Waals surface area contributed by atoms with Crippen LogP contribution in [0.15, 0.2) is 29.4 Å². The van der Waals surface area contributed by atoms with Gasteiger partial charge in [0.05, 0.1) is 5.75 Å². The second-order valence-corrected chi connectivity index (χ2v) is 6.31. The summed E-state index contributed by atoms with van der Waals surface area (Å²) in [6.07, 6.45) is 2.35. The van der Waals surface area contributed by atoms with Gasteiger partial charge >= 0.3 is 0 Å². The van der Waals surface area contributed by atoms with E-state index < -0.39 is 0 Å². The molecule has 0 spiro atoms. The Bertz CT molecular complexity index is 667. The predicted molar refractivity (Wildman–Crippen MR) is 81.9 cm³/mol. The molecule has 0 aliphatic heterocycles. The lowest BCUT2D eigenvalue weighted by atomic mass is 10.2. The van der Waals surface area contributed by atoms with Gasteiger partial charge in [-0.05, 0) is 30.5 Å². The maximum absolute atomic E-state index is 12.8. The van der Waals surface area contributed by atoms with E-state index in [9.17, 15) is 9.18 Å². The van der Waals surface area contributed by atoms with Crippen LogP contribution in [-0.4, -0.2) is 26.4 Å². The molecule has 116 valence electrons. The van der Waals surface area contributed by atoms with Crippen LogP contribution in [0.25, 0.3) is 0 Å². The fourth-order valence-corrected chi connectivity index (χ4v) is 2.88. The van der Waals surface area contributed by atoms with Crippen LogP contribution >= 0.6 is 11.8 Å². The number of halogens is 1. The van der Waals surface area contributed by atoms with E-state index in [2.05, 4.69) is 15.5 Å². The highest BCUT2D eigenvalue weighted by molar-refractivity contribution is 7.99. The molecule has 0 unspecified atom stereocenters. The number of carbonyl (C=O) groups excluding carboxylic acids is 1. The number of carbonyl (C=O) groups is 1. The number of nitrogens with one attached hydrogen (secondary N) is 1. The molecule has 1 aromatic heterocycles. The minimum Gasteiger partial charge on any atom is -0.351 e.